The molecule has 0 saturated heterocycles. The van der Waals surface area contributed by atoms with Gasteiger partial charge in [-0.25, -0.2) is 4.79 Å². The van der Waals surface area contributed by atoms with E-state index in [1.807, 2.05) is 0 Å². The summed E-state index contributed by atoms with van der Waals surface area (Å²) in [6, 6.07) is 6.80. The average molecular weight is 326 g/mol. The molecule has 1 aromatic rings. The van der Waals surface area contributed by atoms with Crippen LogP contribution in [0.2, 0.25) is 5.02 Å². The summed E-state index contributed by atoms with van der Waals surface area (Å²) in [7, 11) is 0. The molecule has 2 N–H and O–H groups in total. The maximum atomic E-state index is 12.5. The van der Waals surface area contributed by atoms with E-state index in [1.54, 1.807) is 45.0 Å². The normalized spacial score (nSPS) is 25.1. The number of alkyl carbamates (subject to hydrolysis) is 1. The molecule has 1 aromatic carbocycles. The van der Waals surface area contributed by atoms with Gasteiger partial charge in [-0.3, -0.25) is 4.79 Å². The SMILES string of the molecule is CC(C)(C)OC(=O)NC1(c2ccccc2Cl)CCC(O)C1=O. The molecule has 120 valence electrons. The number of hydrogen-bond acceptors (Lipinski definition) is 4. The van der Waals surface area contributed by atoms with Crippen molar-refractivity contribution in [2.75, 3.05) is 0 Å². The molecule has 0 aromatic heterocycles. The molecule has 0 aliphatic heterocycles. The lowest BCUT2D eigenvalue weighted by Crippen LogP contribution is -2.52. The van der Waals surface area contributed by atoms with Gasteiger partial charge >= 0.3 is 6.09 Å². The number of amides is 1. The number of halogens is 1. The van der Waals surface area contributed by atoms with Gasteiger partial charge in [0.2, 0.25) is 0 Å². The maximum Gasteiger partial charge on any atom is 0.408 e. The summed E-state index contributed by atoms with van der Waals surface area (Å²) in [5.74, 6) is -0.466. The van der Waals surface area contributed by atoms with Crippen LogP contribution >= 0.6 is 11.6 Å². The number of benzene rings is 1. The Kier molecular flexibility index (Phi) is 4.49. The summed E-state index contributed by atoms with van der Waals surface area (Å²) in [6.07, 6.45) is -1.29. The van der Waals surface area contributed by atoms with E-state index in [4.69, 9.17) is 16.3 Å². The molecule has 0 spiro atoms. The molecule has 2 unspecified atom stereocenters. The molecule has 0 radical (unpaired) electrons. The van der Waals surface area contributed by atoms with Crippen molar-refractivity contribution in [1.82, 2.24) is 5.32 Å². The Morgan fingerprint density at radius 1 is 1.41 bits per heavy atom. The van der Waals surface area contributed by atoms with E-state index in [0.717, 1.165) is 0 Å². The molecule has 6 heteroatoms. The molecule has 1 fully saturated rings. The first-order chi connectivity index (χ1) is 10.2. The van der Waals surface area contributed by atoms with Crippen molar-refractivity contribution in [3.63, 3.8) is 0 Å². The quantitative estimate of drug-likeness (QED) is 0.876. The Hall–Kier alpha value is -1.59. The summed E-state index contributed by atoms with van der Waals surface area (Å²) in [6.45, 7) is 5.21. The highest BCUT2D eigenvalue weighted by Gasteiger charge is 2.51. The van der Waals surface area contributed by atoms with Gasteiger partial charge in [0.1, 0.15) is 17.2 Å². The Morgan fingerprint density at radius 2 is 2.05 bits per heavy atom. The number of carbonyl (C=O) groups is 2. The second kappa shape index (κ2) is 5.89. The highest BCUT2D eigenvalue weighted by atomic mass is 35.5. The number of aliphatic hydroxyl groups is 1. The van der Waals surface area contributed by atoms with Crippen molar-refractivity contribution in [3.05, 3.63) is 34.9 Å². The smallest absolute Gasteiger partial charge is 0.408 e. The second-order valence-electron chi connectivity index (χ2n) is 6.43. The van der Waals surface area contributed by atoms with Crippen LogP contribution in [-0.2, 0) is 15.1 Å². The fraction of sp³-hybridized carbons (Fsp3) is 0.500. The highest BCUT2D eigenvalue weighted by Crippen LogP contribution is 2.39. The van der Waals surface area contributed by atoms with Gasteiger partial charge in [0, 0.05) is 10.6 Å². The topological polar surface area (TPSA) is 75.6 Å². The van der Waals surface area contributed by atoms with E-state index in [0.29, 0.717) is 10.6 Å². The summed E-state index contributed by atoms with van der Waals surface area (Å²) >= 11 is 6.20. The Bertz CT molecular complexity index is 596. The minimum absolute atomic E-state index is 0.264. The number of carbonyl (C=O) groups excluding carboxylic acids is 2. The zero-order valence-electron chi connectivity index (χ0n) is 12.9. The fourth-order valence-electron chi connectivity index (χ4n) is 2.64. The average Bonchev–Trinajstić information content (AvgIpc) is 2.66. The molecule has 1 aliphatic rings. The third kappa shape index (κ3) is 3.25. The van der Waals surface area contributed by atoms with Gasteiger partial charge in [-0.2, -0.15) is 0 Å². The van der Waals surface area contributed by atoms with Gasteiger partial charge in [0.25, 0.3) is 0 Å². The third-order valence-electron chi connectivity index (χ3n) is 3.56. The van der Waals surface area contributed by atoms with Crippen molar-refractivity contribution in [1.29, 1.82) is 0 Å². The van der Waals surface area contributed by atoms with Gasteiger partial charge in [-0.1, -0.05) is 29.8 Å². The van der Waals surface area contributed by atoms with E-state index < -0.39 is 29.1 Å². The standard InChI is InChI=1S/C16H20ClNO4/c1-15(2,3)22-14(21)18-16(9-8-12(19)13(16)20)10-6-4-5-7-11(10)17/h4-7,12,19H,8-9H2,1-3H3,(H,18,21). The van der Waals surface area contributed by atoms with Crippen LogP contribution in [0.15, 0.2) is 24.3 Å². The molecule has 1 amide bonds. The lowest BCUT2D eigenvalue weighted by molar-refractivity contribution is -0.130. The molecule has 0 heterocycles. The number of Topliss-reactive ketones (excluding diaryl/α,β-unsaturated/α-hetero) is 1. The van der Waals surface area contributed by atoms with Crippen molar-refractivity contribution in [3.8, 4) is 0 Å². The van der Waals surface area contributed by atoms with Crippen LogP contribution in [0.3, 0.4) is 0 Å². The molecule has 0 bridgehead atoms. The number of rotatable bonds is 2. The van der Waals surface area contributed by atoms with E-state index in [-0.39, 0.29) is 12.8 Å². The van der Waals surface area contributed by atoms with Crippen molar-refractivity contribution < 1.29 is 19.4 Å². The number of aliphatic hydroxyl groups excluding tert-OH is 1. The first-order valence-corrected chi connectivity index (χ1v) is 7.52. The largest absolute Gasteiger partial charge is 0.444 e. The summed E-state index contributed by atoms with van der Waals surface area (Å²) in [5, 5.41) is 12.8. The van der Waals surface area contributed by atoms with Crippen LogP contribution in [0.1, 0.15) is 39.2 Å². The molecule has 5 nitrogen and oxygen atoms in total. The fourth-order valence-corrected chi connectivity index (χ4v) is 2.93. The minimum Gasteiger partial charge on any atom is -0.444 e. The van der Waals surface area contributed by atoms with Gasteiger partial charge < -0.3 is 15.2 Å². The zero-order chi connectivity index (χ0) is 16.5. The summed E-state index contributed by atoms with van der Waals surface area (Å²) < 4.78 is 5.24. The van der Waals surface area contributed by atoms with Gasteiger partial charge in [-0.05, 0) is 39.7 Å². The number of ketones is 1. The van der Waals surface area contributed by atoms with Gasteiger partial charge in [0.05, 0.1) is 0 Å². The first-order valence-electron chi connectivity index (χ1n) is 7.14. The van der Waals surface area contributed by atoms with Crippen LogP contribution in [-0.4, -0.2) is 28.7 Å². The monoisotopic (exact) mass is 325 g/mol. The molecule has 2 atom stereocenters. The predicted molar refractivity (Wildman–Crippen MR) is 82.7 cm³/mol. The number of nitrogens with one attached hydrogen (secondary N) is 1. The molecule has 1 aliphatic carbocycles. The van der Waals surface area contributed by atoms with Crippen LogP contribution in [0.25, 0.3) is 0 Å². The predicted octanol–water partition coefficient (Wildman–Crippen LogP) is 2.78. The Labute approximate surface area is 134 Å². The van der Waals surface area contributed by atoms with Crippen LogP contribution in [0, 0.1) is 0 Å². The Balaban J connectivity index is 2.39. The van der Waals surface area contributed by atoms with E-state index in [2.05, 4.69) is 5.32 Å². The van der Waals surface area contributed by atoms with Crippen LogP contribution in [0.5, 0.6) is 0 Å². The minimum atomic E-state index is -1.35. The second-order valence-corrected chi connectivity index (χ2v) is 6.84. The van der Waals surface area contributed by atoms with Crippen molar-refractivity contribution >= 4 is 23.5 Å². The lowest BCUT2D eigenvalue weighted by Gasteiger charge is -2.31. The van der Waals surface area contributed by atoms with Crippen LogP contribution < -0.4 is 5.32 Å². The Morgan fingerprint density at radius 3 is 2.55 bits per heavy atom. The first kappa shape index (κ1) is 16.8. The van der Waals surface area contributed by atoms with E-state index >= 15 is 0 Å². The molecule has 2 rings (SSSR count). The molecular weight excluding hydrogens is 306 g/mol. The highest BCUT2D eigenvalue weighted by molar-refractivity contribution is 6.32. The molecule has 1 saturated carbocycles. The van der Waals surface area contributed by atoms with Gasteiger partial charge in [0.15, 0.2) is 5.78 Å². The molecular formula is C16H20ClNO4. The van der Waals surface area contributed by atoms with E-state index in [1.165, 1.54) is 0 Å². The van der Waals surface area contributed by atoms with Crippen molar-refractivity contribution in [2.45, 2.75) is 50.9 Å². The third-order valence-corrected chi connectivity index (χ3v) is 3.89. The maximum absolute atomic E-state index is 12.5. The summed E-state index contributed by atoms with van der Waals surface area (Å²) in [5.41, 5.74) is -1.56. The summed E-state index contributed by atoms with van der Waals surface area (Å²) in [4.78, 5) is 24.6. The van der Waals surface area contributed by atoms with Gasteiger partial charge in [-0.15, -0.1) is 0 Å². The lowest BCUT2D eigenvalue weighted by atomic mass is 9.87. The van der Waals surface area contributed by atoms with Crippen molar-refractivity contribution in [2.24, 2.45) is 0 Å². The van der Waals surface area contributed by atoms with Crippen LogP contribution in [0.4, 0.5) is 4.79 Å². The zero-order valence-corrected chi connectivity index (χ0v) is 13.6. The number of hydrogen-bond donors (Lipinski definition) is 2. The van der Waals surface area contributed by atoms with E-state index in [9.17, 15) is 14.7 Å². The number of ether oxygens (including phenoxy) is 1. The molecule has 22 heavy (non-hydrogen) atoms.